The van der Waals surface area contributed by atoms with Crippen LogP contribution in [0, 0.1) is 20.2 Å². The van der Waals surface area contributed by atoms with Gasteiger partial charge in [-0.25, -0.2) is 0 Å². The molecular formula is C22H16N6O6S2. The van der Waals surface area contributed by atoms with E-state index in [1.165, 1.54) is 48.5 Å². The van der Waals surface area contributed by atoms with Gasteiger partial charge >= 0.3 is 0 Å². The summed E-state index contributed by atoms with van der Waals surface area (Å²) >= 11 is 10.4. The van der Waals surface area contributed by atoms with Crippen molar-refractivity contribution >= 4 is 69.2 Å². The minimum Gasteiger partial charge on any atom is -0.331 e. The number of non-ortho nitro benzene ring substituents is 2. The minimum atomic E-state index is -0.573. The number of carbonyl (C=O) groups excluding carboxylic acids is 2. The van der Waals surface area contributed by atoms with Crippen molar-refractivity contribution in [1.29, 1.82) is 0 Å². The number of nitrogens with zero attached hydrogens (tertiary/aromatic N) is 2. The lowest BCUT2D eigenvalue weighted by molar-refractivity contribution is -0.385. The van der Waals surface area contributed by atoms with Gasteiger partial charge < -0.3 is 10.6 Å². The lowest BCUT2D eigenvalue weighted by atomic mass is 10.2. The van der Waals surface area contributed by atoms with Gasteiger partial charge in [0.2, 0.25) is 0 Å². The van der Waals surface area contributed by atoms with Crippen LogP contribution in [0.4, 0.5) is 22.7 Å². The Morgan fingerprint density at radius 2 is 0.944 bits per heavy atom. The Hall–Kier alpha value is -4.82. The van der Waals surface area contributed by atoms with E-state index in [2.05, 4.69) is 21.3 Å². The summed E-state index contributed by atoms with van der Waals surface area (Å²) in [6.07, 6.45) is 0. The molecule has 182 valence electrons. The van der Waals surface area contributed by atoms with Crippen LogP contribution in [0.5, 0.6) is 0 Å². The number of nitro benzene ring substituents is 2. The molecule has 0 saturated carbocycles. The first-order valence-electron chi connectivity index (χ1n) is 9.96. The molecule has 0 aromatic heterocycles. The molecule has 2 amide bonds. The topological polar surface area (TPSA) is 169 Å². The molecule has 3 aromatic carbocycles. The molecule has 0 radical (unpaired) electrons. The molecule has 3 rings (SSSR count). The first kappa shape index (κ1) is 25.8. The second-order valence-electron chi connectivity index (χ2n) is 6.97. The zero-order chi connectivity index (χ0) is 26.2. The molecule has 0 spiro atoms. The Bertz CT molecular complexity index is 1260. The molecule has 4 N–H and O–H groups in total. The van der Waals surface area contributed by atoms with Gasteiger partial charge in [-0.2, -0.15) is 0 Å². The highest BCUT2D eigenvalue weighted by Crippen LogP contribution is 2.21. The van der Waals surface area contributed by atoms with Gasteiger partial charge in [-0.05, 0) is 60.8 Å². The maximum absolute atomic E-state index is 12.4. The van der Waals surface area contributed by atoms with Crippen molar-refractivity contribution < 1.29 is 19.4 Å². The van der Waals surface area contributed by atoms with Crippen LogP contribution in [0.3, 0.4) is 0 Å². The number of carbonyl (C=O) groups is 2. The van der Waals surface area contributed by atoms with Crippen LogP contribution in [0.2, 0.25) is 0 Å². The first-order chi connectivity index (χ1) is 17.1. The summed E-state index contributed by atoms with van der Waals surface area (Å²) in [5.74, 6) is -1.14. The largest absolute Gasteiger partial charge is 0.331 e. The van der Waals surface area contributed by atoms with Gasteiger partial charge in [0.05, 0.1) is 21.2 Å². The molecule has 0 aliphatic rings. The highest BCUT2D eigenvalue weighted by Gasteiger charge is 2.14. The number of thiocarbonyl (C=S) groups is 2. The van der Waals surface area contributed by atoms with Crippen LogP contribution in [0.1, 0.15) is 20.7 Å². The summed E-state index contributed by atoms with van der Waals surface area (Å²) in [5.41, 5.74) is 0.905. The number of nitrogens with one attached hydrogen (secondary N) is 4. The second-order valence-corrected chi connectivity index (χ2v) is 7.79. The van der Waals surface area contributed by atoms with E-state index in [1.54, 1.807) is 24.3 Å². The number of hydrogen-bond acceptors (Lipinski definition) is 8. The summed E-state index contributed by atoms with van der Waals surface area (Å²) in [6.45, 7) is 0. The van der Waals surface area contributed by atoms with Gasteiger partial charge in [0.25, 0.3) is 23.2 Å². The van der Waals surface area contributed by atoms with E-state index in [4.69, 9.17) is 24.4 Å². The Kier molecular flexibility index (Phi) is 8.27. The first-order valence-corrected chi connectivity index (χ1v) is 10.8. The Labute approximate surface area is 214 Å². The van der Waals surface area contributed by atoms with Crippen LogP contribution in [0.25, 0.3) is 0 Å². The predicted octanol–water partition coefficient (Wildman–Crippen LogP) is 3.76. The number of hydrogen-bond donors (Lipinski definition) is 4. The van der Waals surface area contributed by atoms with Crippen molar-refractivity contribution in [3.8, 4) is 0 Å². The van der Waals surface area contributed by atoms with Crippen molar-refractivity contribution in [2.24, 2.45) is 0 Å². The van der Waals surface area contributed by atoms with Gasteiger partial charge in [0, 0.05) is 35.4 Å². The van der Waals surface area contributed by atoms with Gasteiger partial charge in [0.15, 0.2) is 10.2 Å². The van der Waals surface area contributed by atoms with Crippen LogP contribution < -0.4 is 21.3 Å². The number of anilines is 2. The Morgan fingerprint density at radius 3 is 1.25 bits per heavy atom. The van der Waals surface area contributed by atoms with Crippen LogP contribution >= 0.6 is 24.4 Å². The molecule has 0 heterocycles. The van der Waals surface area contributed by atoms with Gasteiger partial charge in [-0.15, -0.1) is 0 Å². The normalized spacial score (nSPS) is 10.0. The van der Waals surface area contributed by atoms with E-state index in [0.29, 0.717) is 11.4 Å². The standard InChI is InChI=1S/C22H16N6O6S2/c29-19(13-5-9-15(10-6-13)27(31)32)25-21(35)23-17-3-1-2-4-18(17)24-22(36)26-20(30)14-7-11-16(12-8-14)28(33)34/h1-12H,(H2,23,25,29,35)(H2,24,26,30,36). The third-order valence-corrected chi connectivity index (χ3v) is 4.97. The van der Waals surface area contributed by atoms with Gasteiger partial charge in [-0.1, -0.05) is 12.1 Å². The summed E-state index contributed by atoms with van der Waals surface area (Å²) in [7, 11) is 0. The monoisotopic (exact) mass is 524 g/mol. The molecule has 0 fully saturated rings. The van der Waals surface area contributed by atoms with Crippen molar-refractivity contribution in [3.05, 3.63) is 104 Å². The van der Waals surface area contributed by atoms with Crippen LogP contribution in [0.15, 0.2) is 72.8 Å². The highest BCUT2D eigenvalue weighted by atomic mass is 32.1. The maximum atomic E-state index is 12.4. The van der Waals surface area contributed by atoms with Crippen molar-refractivity contribution in [1.82, 2.24) is 10.6 Å². The molecule has 0 atom stereocenters. The van der Waals surface area contributed by atoms with E-state index in [1.807, 2.05) is 0 Å². The molecule has 0 aliphatic heterocycles. The minimum absolute atomic E-state index is 0.0477. The fourth-order valence-corrected chi connectivity index (χ4v) is 3.23. The Morgan fingerprint density at radius 1 is 0.611 bits per heavy atom. The average molecular weight is 525 g/mol. The van der Waals surface area contributed by atoms with Gasteiger partial charge in [-0.3, -0.25) is 40.5 Å². The third kappa shape index (κ3) is 6.85. The maximum Gasteiger partial charge on any atom is 0.269 e. The number of rotatable bonds is 6. The smallest absolute Gasteiger partial charge is 0.269 e. The highest BCUT2D eigenvalue weighted by molar-refractivity contribution is 7.80. The molecule has 3 aromatic rings. The zero-order valence-electron chi connectivity index (χ0n) is 18.1. The fourth-order valence-electron chi connectivity index (χ4n) is 2.83. The summed E-state index contributed by atoms with van der Waals surface area (Å²) in [5, 5.41) is 32.0. The van der Waals surface area contributed by atoms with E-state index in [-0.39, 0.29) is 32.7 Å². The summed E-state index contributed by atoms with van der Waals surface area (Å²) in [4.78, 5) is 45.1. The molecule has 0 saturated heterocycles. The van der Waals surface area contributed by atoms with Crippen molar-refractivity contribution in [2.45, 2.75) is 0 Å². The molecule has 0 bridgehead atoms. The van der Waals surface area contributed by atoms with Crippen LogP contribution in [-0.2, 0) is 0 Å². The average Bonchev–Trinajstić information content (AvgIpc) is 2.85. The van der Waals surface area contributed by atoms with Crippen molar-refractivity contribution in [3.63, 3.8) is 0 Å². The second kappa shape index (κ2) is 11.5. The SMILES string of the molecule is O=C(NC(=S)Nc1ccccc1NC(=S)NC(=O)c1ccc([N+](=O)[O-])cc1)c1ccc([N+](=O)[O-])cc1. The van der Waals surface area contributed by atoms with E-state index >= 15 is 0 Å². The molecule has 36 heavy (non-hydrogen) atoms. The summed E-state index contributed by atoms with van der Waals surface area (Å²) in [6, 6.07) is 16.7. The predicted molar refractivity (Wildman–Crippen MR) is 140 cm³/mol. The zero-order valence-corrected chi connectivity index (χ0v) is 19.7. The van der Waals surface area contributed by atoms with E-state index in [0.717, 1.165) is 0 Å². The number of benzene rings is 3. The lowest BCUT2D eigenvalue weighted by Gasteiger charge is -2.15. The molecule has 0 aliphatic carbocycles. The lowest BCUT2D eigenvalue weighted by Crippen LogP contribution is -2.36. The molecule has 12 nitrogen and oxygen atoms in total. The molecular weight excluding hydrogens is 508 g/mol. The Balaban J connectivity index is 1.60. The van der Waals surface area contributed by atoms with Crippen molar-refractivity contribution in [2.75, 3.05) is 10.6 Å². The number of nitro groups is 2. The number of para-hydroxylation sites is 2. The van der Waals surface area contributed by atoms with Gasteiger partial charge in [0.1, 0.15) is 0 Å². The number of amides is 2. The van der Waals surface area contributed by atoms with Crippen LogP contribution in [-0.4, -0.2) is 31.9 Å². The molecule has 0 unspecified atom stereocenters. The molecule has 14 heteroatoms. The fraction of sp³-hybridized carbons (Fsp3) is 0. The van der Waals surface area contributed by atoms with E-state index < -0.39 is 21.7 Å². The quantitative estimate of drug-likeness (QED) is 0.212. The third-order valence-electron chi connectivity index (χ3n) is 4.56. The summed E-state index contributed by atoms with van der Waals surface area (Å²) < 4.78 is 0. The van der Waals surface area contributed by atoms with E-state index in [9.17, 15) is 29.8 Å².